The zero-order valence-corrected chi connectivity index (χ0v) is 15.5. The summed E-state index contributed by atoms with van der Waals surface area (Å²) < 4.78 is 0. The van der Waals surface area contributed by atoms with Crippen LogP contribution in [0.15, 0.2) is 66.7 Å². The summed E-state index contributed by atoms with van der Waals surface area (Å²) in [4.78, 5) is 18.8. The molecule has 0 aliphatic heterocycles. The van der Waals surface area contributed by atoms with Crippen LogP contribution in [0.4, 0.5) is 5.69 Å². The molecule has 1 aromatic heterocycles. The van der Waals surface area contributed by atoms with Crippen LogP contribution in [0, 0.1) is 17.0 Å². The van der Waals surface area contributed by atoms with Gasteiger partial charge in [-0.1, -0.05) is 36.4 Å². The van der Waals surface area contributed by atoms with Gasteiger partial charge in [-0.2, -0.15) is 0 Å². The average Bonchev–Trinajstić information content (AvgIpc) is 3.16. The molecule has 0 atom stereocenters. The number of aryl methyl sites for hydroxylation is 1. The van der Waals surface area contributed by atoms with Crippen LogP contribution in [0.2, 0.25) is 0 Å². The van der Waals surface area contributed by atoms with Crippen molar-refractivity contribution in [1.82, 2.24) is 9.97 Å². The van der Waals surface area contributed by atoms with E-state index in [1.54, 1.807) is 12.1 Å². The highest BCUT2D eigenvalue weighted by Gasteiger charge is 2.19. The summed E-state index contributed by atoms with van der Waals surface area (Å²) in [5.41, 5.74) is 4.21. The monoisotopic (exact) mass is 387 g/mol. The fourth-order valence-electron chi connectivity index (χ4n) is 3.17. The van der Waals surface area contributed by atoms with Gasteiger partial charge in [-0.15, -0.1) is 0 Å². The number of hydrogen-bond acceptors (Lipinski definition) is 5. The first-order chi connectivity index (χ1) is 13.9. The Labute approximate surface area is 166 Å². The lowest BCUT2D eigenvalue weighted by molar-refractivity contribution is -0.384. The number of benzene rings is 3. The first-order valence-corrected chi connectivity index (χ1v) is 8.87. The summed E-state index contributed by atoms with van der Waals surface area (Å²) in [5, 5.41) is 30.7. The van der Waals surface area contributed by atoms with Gasteiger partial charge >= 0.3 is 0 Å². The van der Waals surface area contributed by atoms with Gasteiger partial charge in [-0.25, -0.2) is 4.98 Å². The van der Waals surface area contributed by atoms with Gasteiger partial charge in [0.25, 0.3) is 5.69 Å². The van der Waals surface area contributed by atoms with Crippen molar-refractivity contribution < 1.29 is 15.1 Å². The molecule has 0 aliphatic rings. The summed E-state index contributed by atoms with van der Waals surface area (Å²) >= 11 is 0. The summed E-state index contributed by atoms with van der Waals surface area (Å²) in [6.07, 6.45) is 0. The molecule has 0 amide bonds. The molecule has 0 saturated carbocycles. The zero-order valence-electron chi connectivity index (χ0n) is 15.5. The number of imidazole rings is 1. The maximum Gasteiger partial charge on any atom is 0.270 e. The number of phenols is 2. The highest BCUT2D eigenvalue weighted by molar-refractivity contribution is 5.83. The summed E-state index contributed by atoms with van der Waals surface area (Å²) in [5.74, 6) is -0.00774. The predicted molar refractivity (Wildman–Crippen MR) is 110 cm³/mol. The Morgan fingerprint density at radius 3 is 2.38 bits per heavy atom. The van der Waals surface area contributed by atoms with E-state index in [0.717, 1.165) is 11.1 Å². The third-order valence-corrected chi connectivity index (χ3v) is 4.70. The van der Waals surface area contributed by atoms with Crippen molar-refractivity contribution in [3.8, 4) is 45.4 Å². The third-order valence-electron chi connectivity index (χ3n) is 4.70. The normalized spacial score (nSPS) is 10.8. The van der Waals surface area contributed by atoms with Crippen LogP contribution in [0.1, 0.15) is 5.56 Å². The Hall–Kier alpha value is -4.13. The fourth-order valence-corrected chi connectivity index (χ4v) is 3.17. The van der Waals surface area contributed by atoms with E-state index in [-0.39, 0.29) is 17.2 Å². The number of non-ortho nitro benzene ring substituents is 1. The van der Waals surface area contributed by atoms with Crippen molar-refractivity contribution in [3.63, 3.8) is 0 Å². The van der Waals surface area contributed by atoms with Crippen LogP contribution in [-0.2, 0) is 0 Å². The molecule has 144 valence electrons. The molecule has 7 nitrogen and oxygen atoms in total. The average molecular weight is 387 g/mol. The standard InChI is InChI=1S/C22H17N3O4/c1-13-7-9-16(25(28)29)12-17(13)21-20(14-5-3-2-4-6-14)23-22(24-21)15-8-10-18(26)19(27)11-15/h2-12,26-27H,1H3,(H,23,24). The molecule has 0 radical (unpaired) electrons. The number of phenolic OH excluding ortho intramolecular Hbond substituents is 2. The Kier molecular flexibility index (Phi) is 4.48. The van der Waals surface area contributed by atoms with Gasteiger partial charge in [0, 0.05) is 28.8 Å². The molecule has 7 heteroatoms. The topological polar surface area (TPSA) is 112 Å². The maximum absolute atomic E-state index is 11.3. The van der Waals surface area contributed by atoms with Crippen LogP contribution in [0.3, 0.4) is 0 Å². The molecule has 0 bridgehead atoms. The molecule has 0 aliphatic carbocycles. The Morgan fingerprint density at radius 2 is 1.69 bits per heavy atom. The molecule has 0 unspecified atom stereocenters. The highest BCUT2D eigenvalue weighted by atomic mass is 16.6. The van der Waals surface area contributed by atoms with Gasteiger partial charge in [0.1, 0.15) is 5.82 Å². The third kappa shape index (κ3) is 3.41. The first kappa shape index (κ1) is 18.2. The number of nitrogens with zero attached hydrogens (tertiary/aromatic N) is 2. The highest BCUT2D eigenvalue weighted by Crippen LogP contribution is 2.37. The second-order valence-corrected chi connectivity index (χ2v) is 6.63. The van der Waals surface area contributed by atoms with Gasteiger partial charge in [-0.3, -0.25) is 10.1 Å². The maximum atomic E-state index is 11.3. The number of nitro groups is 1. The predicted octanol–water partition coefficient (Wildman–Crippen LogP) is 5.04. The summed E-state index contributed by atoms with van der Waals surface area (Å²) in [6, 6.07) is 18.6. The summed E-state index contributed by atoms with van der Waals surface area (Å²) in [7, 11) is 0. The lowest BCUT2D eigenvalue weighted by Gasteiger charge is -2.07. The molecule has 1 heterocycles. The largest absolute Gasteiger partial charge is 0.504 e. The van der Waals surface area contributed by atoms with Crippen LogP contribution < -0.4 is 0 Å². The lowest BCUT2D eigenvalue weighted by Crippen LogP contribution is -1.92. The van der Waals surface area contributed by atoms with Crippen LogP contribution >= 0.6 is 0 Å². The minimum Gasteiger partial charge on any atom is -0.504 e. The van der Waals surface area contributed by atoms with Crippen molar-refractivity contribution in [2.24, 2.45) is 0 Å². The van der Waals surface area contributed by atoms with Gasteiger partial charge < -0.3 is 15.2 Å². The fraction of sp³-hybridized carbons (Fsp3) is 0.0455. The molecule has 4 aromatic rings. The van der Waals surface area contributed by atoms with E-state index < -0.39 is 4.92 Å². The first-order valence-electron chi connectivity index (χ1n) is 8.87. The molecular weight excluding hydrogens is 370 g/mol. The summed E-state index contributed by atoms with van der Waals surface area (Å²) in [6.45, 7) is 1.88. The van der Waals surface area contributed by atoms with E-state index in [9.17, 15) is 20.3 Å². The van der Waals surface area contributed by atoms with Crippen LogP contribution in [-0.4, -0.2) is 25.1 Å². The molecule has 0 saturated heterocycles. The minimum atomic E-state index is -0.430. The number of hydrogen-bond donors (Lipinski definition) is 3. The van der Waals surface area contributed by atoms with E-state index >= 15 is 0 Å². The van der Waals surface area contributed by atoms with Gasteiger partial charge in [0.15, 0.2) is 11.5 Å². The number of nitro benzene ring substituents is 1. The quantitative estimate of drug-likeness (QED) is 0.258. The molecule has 3 N–H and O–H groups in total. The molecular formula is C22H17N3O4. The van der Waals surface area contributed by atoms with E-state index in [1.165, 1.54) is 24.3 Å². The molecule has 3 aromatic carbocycles. The molecule has 0 spiro atoms. The number of aromatic amines is 1. The zero-order chi connectivity index (χ0) is 20.5. The SMILES string of the molecule is Cc1ccc([N+](=O)[O-])cc1-c1[nH]c(-c2ccc(O)c(O)c2)nc1-c1ccccc1. The minimum absolute atomic E-state index is 0.0111. The Balaban J connectivity index is 1.95. The number of rotatable bonds is 4. The van der Waals surface area contributed by atoms with Gasteiger partial charge in [-0.05, 0) is 30.7 Å². The van der Waals surface area contributed by atoms with Gasteiger partial charge in [0.2, 0.25) is 0 Å². The van der Waals surface area contributed by atoms with E-state index in [0.29, 0.717) is 28.3 Å². The van der Waals surface area contributed by atoms with E-state index in [2.05, 4.69) is 4.98 Å². The van der Waals surface area contributed by atoms with E-state index in [1.807, 2.05) is 37.3 Å². The van der Waals surface area contributed by atoms with Gasteiger partial charge in [0.05, 0.1) is 16.3 Å². The number of aromatic hydroxyl groups is 2. The van der Waals surface area contributed by atoms with Crippen molar-refractivity contribution in [3.05, 3.63) is 82.4 Å². The van der Waals surface area contributed by atoms with E-state index in [4.69, 9.17) is 4.98 Å². The second-order valence-electron chi connectivity index (χ2n) is 6.63. The van der Waals surface area contributed by atoms with Crippen molar-refractivity contribution >= 4 is 5.69 Å². The number of aromatic nitrogens is 2. The Morgan fingerprint density at radius 1 is 0.931 bits per heavy atom. The molecule has 0 fully saturated rings. The number of H-pyrrole nitrogens is 1. The molecule has 29 heavy (non-hydrogen) atoms. The van der Waals surface area contributed by atoms with Crippen molar-refractivity contribution in [2.75, 3.05) is 0 Å². The van der Waals surface area contributed by atoms with Crippen molar-refractivity contribution in [2.45, 2.75) is 6.92 Å². The molecule has 4 rings (SSSR count). The lowest BCUT2D eigenvalue weighted by atomic mass is 10.0. The smallest absolute Gasteiger partial charge is 0.270 e. The Bertz CT molecular complexity index is 1220. The van der Waals surface area contributed by atoms with Crippen molar-refractivity contribution in [1.29, 1.82) is 0 Å². The number of nitrogens with one attached hydrogen (secondary N) is 1. The van der Waals surface area contributed by atoms with Crippen LogP contribution in [0.5, 0.6) is 11.5 Å². The van der Waals surface area contributed by atoms with Crippen LogP contribution in [0.25, 0.3) is 33.9 Å². The second kappa shape index (κ2) is 7.12.